The molecule has 1 fully saturated rings. The van der Waals surface area contributed by atoms with Crippen LogP contribution >= 0.6 is 0 Å². The lowest BCUT2D eigenvalue weighted by Gasteiger charge is -2.22. The van der Waals surface area contributed by atoms with Crippen molar-refractivity contribution < 1.29 is 9.59 Å². The summed E-state index contributed by atoms with van der Waals surface area (Å²) in [6, 6.07) is 6.77. The molecule has 2 N–H and O–H groups in total. The lowest BCUT2D eigenvalue weighted by atomic mass is 9.83. The van der Waals surface area contributed by atoms with Gasteiger partial charge in [-0.25, -0.2) is 0 Å². The molecular weight excluding hydrogens is 282 g/mol. The zero-order valence-corrected chi connectivity index (χ0v) is 12.2. The number of hydrogen-bond acceptors (Lipinski definition) is 4. The van der Waals surface area contributed by atoms with Crippen molar-refractivity contribution in [2.75, 3.05) is 0 Å². The molecule has 0 aromatic carbocycles. The van der Waals surface area contributed by atoms with Gasteiger partial charge in [0.15, 0.2) is 0 Å². The molecule has 0 unspecified atom stereocenters. The zero-order valence-electron chi connectivity index (χ0n) is 12.2. The Labute approximate surface area is 127 Å². The maximum atomic E-state index is 12.1. The van der Waals surface area contributed by atoms with E-state index >= 15 is 0 Å². The second kappa shape index (κ2) is 5.97. The summed E-state index contributed by atoms with van der Waals surface area (Å²) in [5, 5.41) is 4.37. The highest BCUT2D eigenvalue weighted by Crippen LogP contribution is 2.35. The SMILES string of the molecule is Cn1nc(C2CCC2)cc1C(=O)NNC(=O)c1ccccn1. The van der Waals surface area contributed by atoms with Crippen molar-refractivity contribution in [2.24, 2.45) is 7.05 Å². The first-order chi connectivity index (χ1) is 10.6. The number of nitrogens with one attached hydrogen (secondary N) is 2. The molecular formula is C15H17N5O2. The summed E-state index contributed by atoms with van der Waals surface area (Å²) in [6.45, 7) is 0. The van der Waals surface area contributed by atoms with E-state index in [1.165, 1.54) is 17.3 Å². The van der Waals surface area contributed by atoms with E-state index < -0.39 is 11.8 Å². The molecule has 7 heteroatoms. The van der Waals surface area contributed by atoms with Gasteiger partial charge in [0.25, 0.3) is 11.8 Å². The number of carbonyl (C=O) groups is 2. The van der Waals surface area contributed by atoms with Crippen molar-refractivity contribution in [2.45, 2.75) is 25.2 Å². The molecule has 0 spiro atoms. The van der Waals surface area contributed by atoms with Gasteiger partial charge in [0.2, 0.25) is 0 Å². The van der Waals surface area contributed by atoms with Crippen LogP contribution in [0.1, 0.15) is 51.9 Å². The van der Waals surface area contributed by atoms with Crippen LogP contribution in [0.5, 0.6) is 0 Å². The molecule has 0 aliphatic heterocycles. The van der Waals surface area contributed by atoms with Crippen molar-refractivity contribution in [3.05, 3.63) is 47.5 Å². The number of aryl methyl sites for hydroxylation is 1. The molecule has 7 nitrogen and oxygen atoms in total. The van der Waals surface area contributed by atoms with Crippen LogP contribution < -0.4 is 10.9 Å². The van der Waals surface area contributed by atoms with E-state index in [1.807, 2.05) is 0 Å². The fourth-order valence-electron chi connectivity index (χ4n) is 2.34. The second-order valence-electron chi connectivity index (χ2n) is 5.33. The number of aromatic nitrogens is 3. The van der Waals surface area contributed by atoms with Gasteiger partial charge in [-0.3, -0.25) is 30.1 Å². The molecule has 2 aromatic heterocycles. The molecule has 0 bridgehead atoms. The molecule has 2 heterocycles. The Morgan fingerprint density at radius 3 is 2.64 bits per heavy atom. The van der Waals surface area contributed by atoms with Gasteiger partial charge < -0.3 is 0 Å². The predicted molar refractivity (Wildman–Crippen MR) is 79.0 cm³/mol. The minimum Gasteiger partial charge on any atom is -0.266 e. The summed E-state index contributed by atoms with van der Waals surface area (Å²) in [6.07, 6.45) is 4.97. The van der Waals surface area contributed by atoms with E-state index in [2.05, 4.69) is 20.9 Å². The van der Waals surface area contributed by atoms with Crippen LogP contribution in [-0.2, 0) is 7.05 Å². The summed E-state index contributed by atoms with van der Waals surface area (Å²) in [7, 11) is 1.72. The minimum atomic E-state index is -0.463. The van der Waals surface area contributed by atoms with Crippen molar-refractivity contribution in [3.8, 4) is 0 Å². The number of carbonyl (C=O) groups excluding carboxylic acids is 2. The van der Waals surface area contributed by atoms with Crippen LogP contribution in [0.3, 0.4) is 0 Å². The fourth-order valence-corrected chi connectivity index (χ4v) is 2.34. The van der Waals surface area contributed by atoms with Gasteiger partial charge in [0, 0.05) is 19.2 Å². The summed E-state index contributed by atoms with van der Waals surface area (Å²) in [4.78, 5) is 27.9. The second-order valence-corrected chi connectivity index (χ2v) is 5.33. The Morgan fingerprint density at radius 1 is 1.23 bits per heavy atom. The summed E-state index contributed by atoms with van der Waals surface area (Å²) < 4.78 is 1.54. The highest BCUT2D eigenvalue weighted by atomic mass is 16.2. The van der Waals surface area contributed by atoms with Crippen LogP contribution in [0.2, 0.25) is 0 Å². The van der Waals surface area contributed by atoms with Gasteiger partial charge in [0.1, 0.15) is 11.4 Å². The molecule has 2 aromatic rings. The molecule has 1 saturated carbocycles. The number of nitrogens with zero attached hydrogens (tertiary/aromatic N) is 3. The Bertz CT molecular complexity index is 691. The lowest BCUT2D eigenvalue weighted by molar-refractivity contribution is 0.0838. The smallest absolute Gasteiger partial charge is 0.266 e. The lowest BCUT2D eigenvalue weighted by Crippen LogP contribution is -2.42. The van der Waals surface area contributed by atoms with Gasteiger partial charge in [-0.05, 0) is 31.0 Å². The van der Waals surface area contributed by atoms with Gasteiger partial charge >= 0.3 is 0 Å². The predicted octanol–water partition coefficient (Wildman–Crippen LogP) is 1.16. The quantitative estimate of drug-likeness (QED) is 0.832. The first kappa shape index (κ1) is 14.2. The third-order valence-electron chi connectivity index (χ3n) is 3.84. The van der Waals surface area contributed by atoms with Gasteiger partial charge in [-0.1, -0.05) is 12.5 Å². The third kappa shape index (κ3) is 2.83. The highest BCUT2D eigenvalue weighted by molar-refractivity contribution is 5.97. The van der Waals surface area contributed by atoms with Crippen molar-refractivity contribution in [3.63, 3.8) is 0 Å². The Hall–Kier alpha value is -2.70. The number of rotatable bonds is 3. The fraction of sp³-hybridized carbons (Fsp3) is 0.333. The zero-order chi connectivity index (χ0) is 15.5. The third-order valence-corrected chi connectivity index (χ3v) is 3.84. The maximum absolute atomic E-state index is 12.1. The summed E-state index contributed by atoms with van der Waals surface area (Å²) >= 11 is 0. The normalized spacial score (nSPS) is 14.2. The molecule has 1 aliphatic rings. The largest absolute Gasteiger partial charge is 0.288 e. The Balaban J connectivity index is 1.62. The number of amides is 2. The minimum absolute atomic E-state index is 0.239. The molecule has 2 amide bonds. The van der Waals surface area contributed by atoms with Crippen LogP contribution in [0.15, 0.2) is 30.5 Å². The number of pyridine rings is 1. The molecule has 3 rings (SSSR count). The average Bonchev–Trinajstić information content (AvgIpc) is 2.85. The molecule has 0 radical (unpaired) electrons. The maximum Gasteiger partial charge on any atom is 0.288 e. The monoisotopic (exact) mass is 299 g/mol. The molecule has 0 atom stereocenters. The highest BCUT2D eigenvalue weighted by Gasteiger charge is 2.24. The summed E-state index contributed by atoms with van der Waals surface area (Å²) in [5.74, 6) is -0.406. The number of hydrazine groups is 1. The van der Waals surface area contributed by atoms with Gasteiger partial charge in [-0.2, -0.15) is 5.10 Å². The van der Waals surface area contributed by atoms with E-state index in [9.17, 15) is 9.59 Å². The van der Waals surface area contributed by atoms with Crippen LogP contribution in [0.25, 0.3) is 0 Å². The van der Waals surface area contributed by atoms with E-state index in [4.69, 9.17) is 0 Å². The van der Waals surface area contributed by atoms with Crippen LogP contribution in [-0.4, -0.2) is 26.6 Å². The van der Waals surface area contributed by atoms with Crippen LogP contribution in [0.4, 0.5) is 0 Å². The molecule has 114 valence electrons. The molecule has 1 aliphatic carbocycles. The van der Waals surface area contributed by atoms with E-state index in [1.54, 1.807) is 31.3 Å². The summed E-state index contributed by atoms with van der Waals surface area (Å²) in [5.41, 5.74) is 6.33. The first-order valence-corrected chi connectivity index (χ1v) is 7.21. The number of hydrogen-bond donors (Lipinski definition) is 2. The Kier molecular flexibility index (Phi) is 3.86. The van der Waals surface area contributed by atoms with Gasteiger partial charge in [0.05, 0.1) is 5.69 Å². The van der Waals surface area contributed by atoms with Crippen LogP contribution in [0, 0.1) is 0 Å². The van der Waals surface area contributed by atoms with Gasteiger partial charge in [-0.15, -0.1) is 0 Å². The molecule has 0 saturated heterocycles. The van der Waals surface area contributed by atoms with Crippen molar-refractivity contribution in [1.82, 2.24) is 25.6 Å². The van der Waals surface area contributed by atoms with Crippen molar-refractivity contribution >= 4 is 11.8 Å². The van der Waals surface area contributed by atoms with E-state index in [0.29, 0.717) is 11.6 Å². The van der Waals surface area contributed by atoms with E-state index in [-0.39, 0.29) is 5.69 Å². The Morgan fingerprint density at radius 2 is 2.00 bits per heavy atom. The first-order valence-electron chi connectivity index (χ1n) is 7.21. The topological polar surface area (TPSA) is 88.9 Å². The average molecular weight is 299 g/mol. The standard InChI is InChI=1S/C15H17N5O2/c1-20-13(9-12(19-20)10-5-4-6-10)15(22)18-17-14(21)11-7-2-3-8-16-11/h2-3,7-10H,4-6H2,1H3,(H,17,21)(H,18,22). The molecule has 22 heavy (non-hydrogen) atoms. The van der Waals surface area contributed by atoms with Crippen molar-refractivity contribution in [1.29, 1.82) is 0 Å². The van der Waals surface area contributed by atoms with E-state index in [0.717, 1.165) is 18.5 Å².